The molecule has 0 fully saturated rings. The molecule has 170 valence electrons. The Kier molecular flexibility index (Phi) is 6.85. The van der Waals surface area contributed by atoms with Crippen LogP contribution in [0.3, 0.4) is 0 Å². The lowest BCUT2D eigenvalue weighted by Crippen LogP contribution is -2.23. The maximum absolute atomic E-state index is 12.8. The molecule has 8 nitrogen and oxygen atoms in total. The summed E-state index contributed by atoms with van der Waals surface area (Å²) in [4.78, 5) is 17.5. The number of aromatic nitrogens is 2. The molecule has 4 rings (SSSR count). The summed E-state index contributed by atoms with van der Waals surface area (Å²) < 4.78 is 29.3. The van der Waals surface area contributed by atoms with Gasteiger partial charge in [-0.15, -0.1) is 12.4 Å². The molecule has 33 heavy (non-hydrogen) atoms. The fourth-order valence-corrected chi connectivity index (χ4v) is 4.45. The highest BCUT2D eigenvalue weighted by Gasteiger charge is 2.15. The first-order chi connectivity index (χ1) is 15.2. The highest BCUT2D eigenvalue weighted by molar-refractivity contribution is 7.92. The summed E-state index contributed by atoms with van der Waals surface area (Å²) >= 11 is 0. The third kappa shape index (κ3) is 5.05. The first kappa shape index (κ1) is 24.0. The van der Waals surface area contributed by atoms with E-state index in [1.54, 1.807) is 67.7 Å². The van der Waals surface area contributed by atoms with E-state index in [-0.39, 0.29) is 28.7 Å². The summed E-state index contributed by atoms with van der Waals surface area (Å²) in [6.07, 6.45) is 0.292. The average molecular weight is 484 g/mol. The fourth-order valence-electron chi connectivity index (χ4n) is 3.38. The van der Waals surface area contributed by atoms with Gasteiger partial charge in [0.05, 0.1) is 21.6 Å². The minimum atomic E-state index is -3.74. The van der Waals surface area contributed by atoms with E-state index in [9.17, 15) is 13.2 Å². The zero-order valence-corrected chi connectivity index (χ0v) is 19.3. The van der Waals surface area contributed by atoms with E-state index in [0.717, 1.165) is 5.56 Å². The van der Waals surface area contributed by atoms with Gasteiger partial charge in [-0.05, 0) is 35.9 Å². The van der Waals surface area contributed by atoms with E-state index < -0.39 is 10.0 Å². The molecule has 0 radical (unpaired) electrons. The van der Waals surface area contributed by atoms with Crippen molar-refractivity contribution in [3.8, 4) is 0 Å². The first-order valence-corrected chi connectivity index (χ1v) is 11.2. The zero-order chi connectivity index (χ0) is 22.9. The molecule has 4 N–H and O–H groups in total. The van der Waals surface area contributed by atoms with Crippen LogP contribution in [0.25, 0.3) is 11.0 Å². The van der Waals surface area contributed by atoms with Gasteiger partial charge in [0.25, 0.3) is 15.6 Å². The maximum Gasteiger partial charge on any atom is 0.272 e. The Labute approximate surface area is 197 Å². The van der Waals surface area contributed by atoms with Crippen LogP contribution < -0.4 is 16.0 Å². The molecule has 0 spiro atoms. The van der Waals surface area contributed by atoms with Gasteiger partial charge in [0.2, 0.25) is 0 Å². The van der Waals surface area contributed by atoms with Crippen LogP contribution in [0.2, 0.25) is 0 Å². The van der Waals surface area contributed by atoms with Gasteiger partial charge in [0.15, 0.2) is 0 Å². The molecule has 0 atom stereocenters. The largest absolute Gasteiger partial charge is 0.384 e. The van der Waals surface area contributed by atoms with Crippen molar-refractivity contribution >= 4 is 45.0 Å². The van der Waals surface area contributed by atoms with E-state index in [1.165, 1.54) is 16.7 Å². The number of nitrogens with zero attached hydrogens (tertiary/aromatic N) is 2. The fraction of sp³-hybridized carbons (Fsp3) is 0.0870. The lowest BCUT2D eigenvalue weighted by atomic mass is 10.1. The molecule has 4 aromatic rings. The van der Waals surface area contributed by atoms with Crippen LogP contribution in [-0.4, -0.2) is 23.8 Å². The SMILES string of the molecule is Cl.Cn1c(=O)c(Cc2ccc(C(=N)N)cc2)nc2cc(NS(=O)(=O)c3ccccc3)ccc21. The molecular formula is C23H22ClN5O3S. The number of nitrogens with two attached hydrogens (primary N) is 1. The van der Waals surface area contributed by atoms with E-state index in [0.29, 0.717) is 34.4 Å². The van der Waals surface area contributed by atoms with Crippen molar-refractivity contribution < 1.29 is 8.42 Å². The van der Waals surface area contributed by atoms with E-state index in [1.807, 2.05) is 0 Å². The van der Waals surface area contributed by atoms with E-state index in [4.69, 9.17) is 11.1 Å². The number of benzene rings is 3. The predicted octanol–water partition coefficient (Wildman–Crippen LogP) is 3.03. The monoisotopic (exact) mass is 483 g/mol. The third-order valence-electron chi connectivity index (χ3n) is 5.09. The number of hydrogen-bond donors (Lipinski definition) is 3. The van der Waals surface area contributed by atoms with Gasteiger partial charge in [0, 0.05) is 19.0 Å². The molecule has 0 saturated heterocycles. The number of hydrogen-bond acceptors (Lipinski definition) is 5. The number of nitrogens with one attached hydrogen (secondary N) is 2. The number of amidine groups is 1. The molecule has 0 aliphatic rings. The molecule has 0 aliphatic carbocycles. The van der Waals surface area contributed by atoms with Crippen LogP contribution in [0.1, 0.15) is 16.8 Å². The summed E-state index contributed by atoms with van der Waals surface area (Å²) in [5.41, 5.74) is 8.47. The second-order valence-corrected chi connectivity index (χ2v) is 9.01. The topological polar surface area (TPSA) is 131 Å². The number of halogens is 1. The van der Waals surface area contributed by atoms with Gasteiger partial charge in [0.1, 0.15) is 11.5 Å². The summed E-state index contributed by atoms with van der Waals surface area (Å²) in [5, 5.41) is 7.48. The zero-order valence-electron chi connectivity index (χ0n) is 17.6. The highest BCUT2D eigenvalue weighted by Crippen LogP contribution is 2.20. The molecule has 0 amide bonds. The van der Waals surface area contributed by atoms with E-state index in [2.05, 4.69) is 9.71 Å². The van der Waals surface area contributed by atoms with Crippen LogP contribution in [0.15, 0.2) is 82.5 Å². The number of nitrogen functional groups attached to an aromatic ring is 1. The van der Waals surface area contributed by atoms with Crippen molar-refractivity contribution in [2.75, 3.05) is 4.72 Å². The average Bonchev–Trinajstić information content (AvgIpc) is 2.78. The minimum Gasteiger partial charge on any atom is -0.384 e. The quantitative estimate of drug-likeness (QED) is 0.286. The van der Waals surface area contributed by atoms with Crippen LogP contribution in [-0.2, 0) is 23.5 Å². The van der Waals surface area contributed by atoms with Crippen molar-refractivity contribution in [2.45, 2.75) is 11.3 Å². The minimum absolute atomic E-state index is 0. The molecular weight excluding hydrogens is 462 g/mol. The van der Waals surface area contributed by atoms with Crippen molar-refractivity contribution in [3.05, 3.63) is 100.0 Å². The molecule has 0 aliphatic heterocycles. The lowest BCUT2D eigenvalue weighted by molar-refractivity contribution is 0.601. The molecule has 1 heterocycles. The summed E-state index contributed by atoms with van der Waals surface area (Å²) in [6, 6.07) is 20.0. The smallest absolute Gasteiger partial charge is 0.272 e. The lowest BCUT2D eigenvalue weighted by Gasteiger charge is -2.12. The van der Waals surface area contributed by atoms with Crippen LogP contribution in [0.4, 0.5) is 5.69 Å². The second-order valence-electron chi connectivity index (χ2n) is 7.33. The number of anilines is 1. The number of sulfonamides is 1. The predicted molar refractivity (Wildman–Crippen MR) is 132 cm³/mol. The van der Waals surface area contributed by atoms with Gasteiger partial charge in [-0.2, -0.15) is 0 Å². The number of aryl methyl sites for hydroxylation is 1. The van der Waals surface area contributed by atoms with Crippen molar-refractivity contribution in [1.82, 2.24) is 9.55 Å². The Morgan fingerprint density at radius 3 is 2.36 bits per heavy atom. The Morgan fingerprint density at radius 1 is 1.06 bits per heavy atom. The van der Waals surface area contributed by atoms with Gasteiger partial charge in [-0.3, -0.25) is 14.9 Å². The van der Waals surface area contributed by atoms with Gasteiger partial charge in [-0.25, -0.2) is 13.4 Å². The van der Waals surface area contributed by atoms with Gasteiger partial charge >= 0.3 is 0 Å². The molecule has 0 saturated carbocycles. The maximum atomic E-state index is 12.8. The van der Waals surface area contributed by atoms with Gasteiger partial charge < -0.3 is 10.3 Å². The van der Waals surface area contributed by atoms with Crippen LogP contribution >= 0.6 is 12.4 Å². The molecule has 0 bridgehead atoms. The Hall–Kier alpha value is -3.69. The first-order valence-electron chi connectivity index (χ1n) is 9.75. The normalized spacial score (nSPS) is 11.1. The van der Waals surface area contributed by atoms with Crippen molar-refractivity contribution in [1.29, 1.82) is 5.41 Å². The highest BCUT2D eigenvalue weighted by atomic mass is 35.5. The van der Waals surface area contributed by atoms with Crippen LogP contribution in [0, 0.1) is 5.41 Å². The Morgan fingerprint density at radius 2 is 1.73 bits per heavy atom. The Bertz CT molecular complexity index is 1480. The second kappa shape index (κ2) is 9.43. The Balaban J connectivity index is 0.00000306. The molecule has 10 heteroatoms. The standard InChI is InChI=1S/C23H21N5O3S.ClH/c1-28-21-12-11-17(27-32(30,31)18-5-3-2-4-6-18)14-19(21)26-20(23(28)29)13-15-7-9-16(10-8-15)22(24)25;/h2-12,14,27H,13H2,1H3,(H3,24,25);1H. The third-order valence-corrected chi connectivity index (χ3v) is 6.48. The summed E-state index contributed by atoms with van der Waals surface area (Å²) in [6.45, 7) is 0. The van der Waals surface area contributed by atoms with Crippen molar-refractivity contribution in [2.24, 2.45) is 12.8 Å². The molecule has 0 unspecified atom stereocenters. The van der Waals surface area contributed by atoms with Crippen molar-refractivity contribution in [3.63, 3.8) is 0 Å². The van der Waals surface area contributed by atoms with E-state index >= 15 is 0 Å². The number of rotatable bonds is 6. The summed E-state index contributed by atoms with van der Waals surface area (Å²) in [5.74, 6) is -0.0261. The molecule has 1 aromatic heterocycles. The van der Waals surface area contributed by atoms with Gasteiger partial charge in [-0.1, -0.05) is 42.5 Å². The summed E-state index contributed by atoms with van der Waals surface area (Å²) in [7, 11) is -2.09. The number of fused-ring (bicyclic) bond motifs is 1. The molecule has 3 aromatic carbocycles. The van der Waals surface area contributed by atoms with Crippen LogP contribution in [0.5, 0.6) is 0 Å².